The minimum atomic E-state index is -1.34. The monoisotopic (exact) mass is 409 g/mol. The van der Waals surface area contributed by atoms with Gasteiger partial charge in [0.2, 0.25) is 0 Å². The number of ether oxygens (including phenoxy) is 2. The first-order chi connectivity index (χ1) is 13.8. The summed E-state index contributed by atoms with van der Waals surface area (Å²) in [4.78, 5) is 44.8. The molecule has 160 valence electrons. The van der Waals surface area contributed by atoms with E-state index >= 15 is 0 Å². The van der Waals surface area contributed by atoms with Crippen molar-refractivity contribution in [1.29, 1.82) is 0 Å². The van der Waals surface area contributed by atoms with Gasteiger partial charge in [-0.15, -0.1) is 5.06 Å². The van der Waals surface area contributed by atoms with Crippen LogP contribution in [0.2, 0.25) is 0 Å². The second-order valence-electron chi connectivity index (χ2n) is 6.79. The van der Waals surface area contributed by atoms with E-state index in [9.17, 15) is 19.5 Å². The molecule has 2 rings (SSSR count). The van der Waals surface area contributed by atoms with Crippen molar-refractivity contribution in [3.8, 4) is 0 Å². The lowest BCUT2D eigenvalue weighted by Crippen LogP contribution is -2.58. The van der Waals surface area contributed by atoms with Crippen molar-refractivity contribution >= 4 is 23.8 Å². The van der Waals surface area contributed by atoms with E-state index in [2.05, 4.69) is 0 Å². The van der Waals surface area contributed by atoms with Gasteiger partial charge in [0, 0.05) is 47.1 Å². The molecule has 0 saturated carbocycles. The van der Waals surface area contributed by atoms with Gasteiger partial charge in [0.05, 0.1) is 18.9 Å². The van der Waals surface area contributed by atoms with Crippen LogP contribution in [0.15, 0.2) is 30.3 Å². The number of amides is 3. The molecule has 1 aromatic carbocycles. The van der Waals surface area contributed by atoms with E-state index in [4.69, 9.17) is 14.3 Å². The summed E-state index contributed by atoms with van der Waals surface area (Å²) >= 11 is 0. The lowest BCUT2D eigenvalue weighted by atomic mass is 9.89. The van der Waals surface area contributed by atoms with Crippen molar-refractivity contribution < 1.29 is 33.8 Å². The zero-order chi connectivity index (χ0) is 21.4. The van der Waals surface area contributed by atoms with Crippen molar-refractivity contribution in [3.63, 3.8) is 0 Å². The standard InChI is InChI=1S/C19H27N3O7/c1-20(2)18(26)29-22(15-7-5-4-6-8-15)16(23)19(28-14-13-27-3)9-11-21(12-10-19)17(24)25/h4-8H,9-14H2,1-3H3,(H,24,25). The van der Waals surface area contributed by atoms with Crippen LogP contribution in [0.5, 0.6) is 0 Å². The zero-order valence-corrected chi connectivity index (χ0v) is 16.9. The van der Waals surface area contributed by atoms with Gasteiger partial charge in [0.25, 0.3) is 5.91 Å². The third-order valence-electron chi connectivity index (χ3n) is 4.61. The first-order valence-electron chi connectivity index (χ1n) is 9.20. The molecular formula is C19H27N3O7. The number of methoxy groups -OCH3 is 1. The van der Waals surface area contributed by atoms with Crippen molar-refractivity contribution in [1.82, 2.24) is 9.80 Å². The summed E-state index contributed by atoms with van der Waals surface area (Å²) in [5, 5.41) is 10.1. The number of carboxylic acid groups (broad SMARTS) is 1. The van der Waals surface area contributed by atoms with E-state index in [1.165, 1.54) is 31.0 Å². The molecule has 10 nitrogen and oxygen atoms in total. The molecule has 1 aliphatic rings. The number of benzene rings is 1. The van der Waals surface area contributed by atoms with Crippen LogP contribution in [0.1, 0.15) is 12.8 Å². The third kappa shape index (κ3) is 5.58. The number of likely N-dealkylation sites (tertiary alicyclic amines) is 1. The number of rotatable bonds is 6. The number of piperidine rings is 1. The lowest BCUT2D eigenvalue weighted by molar-refractivity contribution is -0.158. The van der Waals surface area contributed by atoms with Gasteiger partial charge >= 0.3 is 12.2 Å². The van der Waals surface area contributed by atoms with Crippen LogP contribution in [-0.2, 0) is 19.1 Å². The highest BCUT2D eigenvalue weighted by Gasteiger charge is 2.47. The van der Waals surface area contributed by atoms with Crippen LogP contribution in [0.25, 0.3) is 0 Å². The molecule has 3 amide bonds. The number of hydrogen-bond acceptors (Lipinski definition) is 6. The van der Waals surface area contributed by atoms with Crippen LogP contribution in [-0.4, -0.2) is 86.1 Å². The summed E-state index contributed by atoms with van der Waals surface area (Å²) in [7, 11) is 4.53. The van der Waals surface area contributed by atoms with Crippen LogP contribution < -0.4 is 5.06 Å². The molecule has 0 spiro atoms. The Bertz CT molecular complexity index is 703. The van der Waals surface area contributed by atoms with Crippen LogP contribution in [0, 0.1) is 0 Å². The molecule has 1 aliphatic heterocycles. The normalized spacial score (nSPS) is 15.5. The molecule has 1 saturated heterocycles. The van der Waals surface area contributed by atoms with Gasteiger partial charge in [-0.3, -0.25) is 4.79 Å². The fraction of sp³-hybridized carbons (Fsp3) is 0.526. The highest BCUT2D eigenvalue weighted by molar-refractivity contribution is 5.99. The molecule has 1 aromatic rings. The quantitative estimate of drug-likeness (QED) is 0.564. The smallest absolute Gasteiger partial charge is 0.434 e. The molecule has 10 heteroatoms. The fourth-order valence-corrected chi connectivity index (χ4v) is 2.92. The van der Waals surface area contributed by atoms with Gasteiger partial charge in [-0.1, -0.05) is 18.2 Å². The van der Waals surface area contributed by atoms with Crippen LogP contribution in [0.3, 0.4) is 0 Å². The second kappa shape index (κ2) is 10.1. The molecule has 1 fully saturated rings. The van der Waals surface area contributed by atoms with E-state index < -0.39 is 23.7 Å². The molecule has 29 heavy (non-hydrogen) atoms. The second-order valence-corrected chi connectivity index (χ2v) is 6.79. The van der Waals surface area contributed by atoms with Crippen LogP contribution in [0.4, 0.5) is 15.3 Å². The highest BCUT2D eigenvalue weighted by Crippen LogP contribution is 2.31. The topological polar surface area (TPSA) is 109 Å². The average molecular weight is 409 g/mol. The summed E-state index contributed by atoms with van der Waals surface area (Å²) in [6.45, 7) is 0.649. The van der Waals surface area contributed by atoms with Crippen LogP contribution >= 0.6 is 0 Å². The Kier molecular flexibility index (Phi) is 7.80. The number of nitrogens with zero attached hydrogens (tertiary/aromatic N) is 3. The molecule has 0 atom stereocenters. The molecule has 0 aliphatic carbocycles. The van der Waals surface area contributed by atoms with Gasteiger partial charge in [-0.25, -0.2) is 9.59 Å². The SMILES string of the molecule is COCCOC1(C(=O)N(OC(=O)N(C)C)c2ccccc2)CCN(C(=O)O)CC1. The molecular weight excluding hydrogens is 382 g/mol. The molecule has 0 unspecified atom stereocenters. The van der Waals surface area contributed by atoms with Gasteiger partial charge in [-0.05, 0) is 12.1 Å². The van der Waals surface area contributed by atoms with E-state index in [-0.39, 0.29) is 39.1 Å². The fourth-order valence-electron chi connectivity index (χ4n) is 2.92. The molecule has 1 N–H and O–H groups in total. The number of carbonyl (C=O) groups excluding carboxylic acids is 2. The Morgan fingerprint density at radius 2 is 1.72 bits per heavy atom. The zero-order valence-electron chi connectivity index (χ0n) is 16.9. The van der Waals surface area contributed by atoms with Crippen molar-refractivity contribution in [2.75, 3.05) is 52.6 Å². The highest BCUT2D eigenvalue weighted by atomic mass is 16.7. The maximum atomic E-state index is 13.5. The Morgan fingerprint density at radius 3 is 2.24 bits per heavy atom. The van der Waals surface area contributed by atoms with Gasteiger partial charge in [-0.2, -0.15) is 0 Å². The predicted octanol–water partition coefficient (Wildman–Crippen LogP) is 1.81. The van der Waals surface area contributed by atoms with E-state index in [0.29, 0.717) is 5.69 Å². The number of anilines is 1. The number of hydrogen-bond donors (Lipinski definition) is 1. The van der Waals surface area contributed by atoms with Crippen molar-refractivity contribution in [3.05, 3.63) is 30.3 Å². The van der Waals surface area contributed by atoms with E-state index in [0.717, 1.165) is 5.06 Å². The number of carbonyl (C=O) groups is 3. The van der Waals surface area contributed by atoms with Gasteiger partial charge in [0.15, 0.2) is 5.60 Å². The lowest BCUT2D eigenvalue weighted by Gasteiger charge is -2.41. The Hall–Kier alpha value is -2.85. The number of para-hydroxylation sites is 1. The third-order valence-corrected chi connectivity index (χ3v) is 4.61. The summed E-state index contributed by atoms with van der Waals surface area (Å²) in [6.07, 6.45) is -1.52. The Morgan fingerprint density at radius 1 is 1.10 bits per heavy atom. The van der Waals surface area contributed by atoms with E-state index in [1.54, 1.807) is 30.3 Å². The van der Waals surface area contributed by atoms with Crippen molar-refractivity contribution in [2.45, 2.75) is 18.4 Å². The average Bonchev–Trinajstić information content (AvgIpc) is 2.72. The van der Waals surface area contributed by atoms with Gasteiger partial charge in [0.1, 0.15) is 0 Å². The maximum absolute atomic E-state index is 13.5. The molecule has 0 aromatic heterocycles. The molecule has 0 bridgehead atoms. The largest absolute Gasteiger partial charge is 0.465 e. The first-order valence-corrected chi connectivity index (χ1v) is 9.20. The molecule has 0 radical (unpaired) electrons. The summed E-state index contributed by atoms with van der Waals surface area (Å²) < 4.78 is 10.9. The molecule has 1 heterocycles. The summed E-state index contributed by atoms with van der Waals surface area (Å²) in [5.74, 6) is -0.569. The minimum absolute atomic E-state index is 0.123. The predicted molar refractivity (Wildman–Crippen MR) is 103 cm³/mol. The maximum Gasteiger partial charge on any atom is 0.434 e. The van der Waals surface area contributed by atoms with E-state index in [1.807, 2.05) is 0 Å². The number of hydroxylamine groups is 1. The summed E-state index contributed by atoms with van der Waals surface area (Å²) in [5.41, 5.74) is -0.976. The van der Waals surface area contributed by atoms with Gasteiger partial charge < -0.3 is 29.2 Å². The summed E-state index contributed by atoms with van der Waals surface area (Å²) in [6, 6.07) is 8.47. The Balaban J connectivity index is 2.33. The van der Waals surface area contributed by atoms with Crippen molar-refractivity contribution in [2.24, 2.45) is 0 Å². The minimum Gasteiger partial charge on any atom is -0.465 e. The Labute approximate surface area is 169 Å². The first kappa shape index (κ1) is 22.4.